The Morgan fingerprint density at radius 1 is 1.62 bits per heavy atom. The molecular formula is C10H15N5O. The lowest BCUT2D eigenvalue weighted by atomic mass is 10.2. The fraction of sp³-hybridized carbons (Fsp3) is 0.500. The van der Waals surface area contributed by atoms with Gasteiger partial charge in [-0.1, -0.05) is 0 Å². The smallest absolute Gasteiger partial charge is 0.242 e. The van der Waals surface area contributed by atoms with E-state index in [1.807, 2.05) is 19.9 Å². The van der Waals surface area contributed by atoms with Crippen LogP contribution in [0.3, 0.4) is 0 Å². The highest BCUT2D eigenvalue weighted by atomic mass is 16.2. The Balaban J connectivity index is 2.75. The summed E-state index contributed by atoms with van der Waals surface area (Å²) in [6.07, 6.45) is 0. The van der Waals surface area contributed by atoms with Crippen molar-refractivity contribution in [2.24, 2.45) is 5.73 Å². The molecule has 0 atom stereocenters. The van der Waals surface area contributed by atoms with Crippen LogP contribution in [0.4, 0.5) is 0 Å². The summed E-state index contributed by atoms with van der Waals surface area (Å²) in [5.41, 5.74) is 8.28. The van der Waals surface area contributed by atoms with Crippen molar-refractivity contribution in [1.82, 2.24) is 15.1 Å². The van der Waals surface area contributed by atoms with Crippen LogP contribution in [0.1, 0.15) is 17.0 Å². The molecule has 0 spiro atoms. The molecule has 0 radical (unpaired) electrons. The molecule has 0 fully saturated rings. The molecule has 0 saturated heterocycles. The van der Waals surface area contributed by atoms with Crippen LogP contribution in [0.2, 0.25) is 0 Å². The Kier molecular flexibility index (Phi) is 4.03. The zero-order valence-electron chi connectivity index (χ0n) is 9.45. The zero-order valence-corrected chi connectivity index (χ0v) is 9.45. The molecule has 16 heavy (non-hydrogen) atoms. The van der Waals surface area contributed by atoms with Crippen LogP contribution < -0.4 is 11.1 Å². The number of hydrogen-bond donors (Lipinski definition) is 2. The Morgan fingerprint density at radius 2 is 2.31 bits per heavy atom. The van der Waals surface area contributed by atoms with Crippen molar-refractivity contribution in [1.29, 1.82) is 5.26 Å². The van der Waals surface area contributed by atoms with Crippen LogP contribution in [-0.2, 0) is 17.9 Å². The van der Waals surface area contributed by atoms with Gasteiger partial charge in [0.2, 0.25) is 5.91 Å². The number of nitriles is 1. The Hall–Kier alpha value is -1.87. The van der Waals surface area contributed by atoms with Gasteiger partial charge in [-0.15, -0.1) is 0 Å². The number of nitrogens with zero attached hydrogens (tertiary/aromatic N) is 3. The summed E-state index contributed by atoms with van der Waals surface area (Å²) in [6.45, 7) is 4.28. The average Bonchev–Trinajstić information content (AvgIpc) is 2.51. The topological polar surface area (TPSA) is 96.7 Å². The van der Waals surface area contributed by atoms with Gasteiger partial charge in [0.05, 0.1) is 11.8 Å². The molecule has 1 aromatic heterocycles. The molecule has 0 aliphatic carbocycles. The number of aromatic nitrogens is 2. The Bertz CT molecular complexity index is 429. The SMILES string of the molecule is Cc1nn(CC(=O)NCC#N)c(C)c1CN. The van der Waals surface area contributed by atoms with Crippen molar-refractivity contribution in [3.8, 4) is 6.07 Å². The normalized spacial score (nSPS) is 9.88. The first-order valence-electron chi connectivity index (χ1n) is 4.96. The standard InChI is InChI=1S/C10H15N5O/c1-7-9(5-12)8(2)15(14-7)6-10(16)13-4-3-11/h4-6,12H2,1-2H3,(H,13,16). The Labute approximate surface area is 94.0 Å². The molecule has 86 valence electrons. The second-order valence-corrected chi connectivity index (χ2v) is 3.45. The fourth-order valence-electron chi connectivity index (χ4n) is 1.51. The van der Waals surface area contributed by atoms with Gasteiger partial charge in [-0.05, 0) is 13.8 Å². The summed E-state index contributed by atoms with van der Waals surface area (Å²) < 4.78 is 1.60. The van der Waals surface area contributed by atoms with E-state index in [9.17, 15) is 4.79 Å². The molecule has 1 amide bonds. The number of carbonyl (C=O) groups is 1. The number of hydrogen-bond acceptors (Lipinski definition) is 4. The van der Waals surface area contributed by atoms with Gasteiger partial charge < -0.3 is 11.1 Å². The van der Waals surface area contributed by atoms with Crippen LogP contribution >= 0.6 is 0 Å². The van der Waals surface area contributed by atoms with Gasteiger partial charge in [0.15, 0.2) is 0 Å². The van der Waals surface area contributed by atoms with Gasteiger partial charge in [-0.25, -0.2) is 0 Å². The zero-order chi connectivity index (χ0) is 12.1. The molecule has 1 aromatic rings. The van der Waals surface area contributed by atoms with E-state index in [-0.39, 0.29) is 19.0 Å². The minimum absolute atomic E-state index is 0.0158. The lowest BCUT2D eigenvalue weighted by molar-refractivity contribution is -0.121. The molecule has 0 bridgehead atoms. The van der Waals surface area contributed by atoms with E-state index in [0.717, 1.165) is 17.0 Å². The van der Waals surface area contributed by atoms with Gasteiger partial charge in [0.25, 0.3) is 0 Å². The van der Waals surface area contributed by atoms with E-state index < -0.39 is 0 Å². The van der Waals surface area contributed by atoms with Gasteiger partial charge in [-0.2, -0.15) is 10.4 Å². The third kappa shape index (κ3) is 2.58. The Morgan fingerprint density at radius 3 is 2.81 bits per heavy atom. The quantitative estimate of drug-likeness (QED) is 0.676. The van der Waals surface area contributed by atoms with Gasteiger partial charge in [0, 0.05) is 17.8 Å². The summed E-state index contributed by atoms with van der Waals surface area (Å²) in [4.78, 5) is 11.4. The van der Waals surface area contributed by atoms with Crippen LogP contribution in [-0.4, -0.2) is 22.2 Å². The van der Waals surface area contributed by atoms with E-state index in [1.54, 1.807) is 4.68 Å². The first kappa shape index (κ1) is 12.2. The highest BCUT2D eigenvalue weighted by Gasteiger charge is 2.12. The molecule has 6 heteroatoms. The second-order valence-electron chi connectivity index (χ2n) is 3.45. The fourth-order valence-corrected chi connectivity index (χ4v) is 1.51. The summed E-state index contributed by atoms with van der Waals surface area (Å²) in [5, 5.41) is 15.0. The van der Waals surface area contributed by atoms with Crippen LogP contribution in [0.15, 0.2) is 0 Å². The third-order valence-electron chi connectivity index (χ3n) is 2.39. The maximum atomic E-state index is 11.4. The second kappa shape index (κ2) is 5.28. The average molecular weight is 221 g/mol. The number of nitrogens with one attached hydrogen (secondary N) is 1. The monoisotopic (exact) mass is 221 g/mol. The minimum atomic E-state index is -0.226. The van der Waals surface area contributed by atoms with Crippen molar-refractivity contribution in [2.45, 2.75) is 26.9 Å². The highest BCUT2D eigenvalue weighted by molar-refractivity contribution is 5.75. The lowest BCUT2D eigenvalue weighted by Crippen LogP contribution is -2.28. The van der Waals surface area contributed by atoms with Gasteiger partial charge in [0.1, 0.15) is 13.1 Å². The van der Waals surface area contributed by atoms with Crippen LogP contribution in [0.25, 0.3) is 0 Å². The van der Waals surface area contributed by atoms with E-state index in [0.29, 0.717) is 6.54 Å². The van der Waals surface area contributed by atoms with Crippen molar-refractivity contribution in [3.63, 3.8) is 0 Å². The largest absolute Gasteiger partial charge is 0.341 e. The lowest BCUT2D eigenvalue weighted by Gasteiger charge is -2.04. The first-order valence-corrected chi connectivity index (χ1v) is 4.96. The van der Waals surface area contributed by atoms with E-state index >= 15 is 0 Å². The van der Waals surface area contributed by atoms with E-state index in [4.69, 9.17) is 11.0 Å². The van der Waals surface area contributed by atoms with E-state index in [2.05, 4.69) is 10.4 Å². The molecular weight excluding hydrogens is 206 g/mol. The maximum Gasteiger partial charge on any atom is 0.242 e. The van der Waals surface area contributed by atoms with Crippen LogP contribution in [0.5, 0.6) is 0 Å². The molecule has 0 aliphatic heterocycles. The predicted octanol–water partition coefficient (Wildman–Crippen LogP) is -0.402. The number of aryl methyl sites for hydroxylation is 1. The highest BCUT2D eigenvalue weighted by Crippen LogP contribution is 2.11. The minimum Gasteiger partial charge on any atom is -0.341 e. The molecule has 0 aliphatic rings. The van der Waals surface area contributed by atoms with Gasteiger partial charge >= 0.3 is 0 Å². The number of carbonyl (C=O) groups excluding carboxylic acids is 1. The first-order chi connectivity index (χ1) is 7.60. The maximum absolute atomic E-state index is 11.4. The number of rotatable bonds is 4. The third-order valence-corrected chi connectivity index (χ3v) is 2.39. The molecule has 3 N–H and O–H groups in total. The number of amides is 1. The predicted molar refractivity (Wildman–Crippen MR) is 58.2 cm³/mol. The molecule has 0 aromatic carbocycles. The van der Waals surface area contributed by atoms with E-state index in [1.165, 1.54) is 0 Å². The molecule has 0 unspecified atom stereocenters. The van der Waals surface area contributed by atoms with Crippen LogP contribution in [0, 0.1) is 25.2 Å². The summed E-state index contributed by atoms with van der Waals surface area (Å²) in [7, 11) is 0. The molecule has 1 rings (SSSR count). The summed E-state index contributed by atoms with van der Waals surface area (Å²) >= 11 is 0. The summed E-state index contributed by atoms with van der Waals surface area (Å²) in [6, 6.07) is 1.85. The van der Waals surface area contributed by atoms with Crippen molar-refractivity contribution in [3.05, 3.63) is 17.0 Å². The molecule has 1 heterocycles. The van der Waals surface area contributed by atoms with Gasteiger partial charge in [-0.3, -0.25) is 9.48 Å². The summed E-state index contributed by atoms with van der Waals surface area (Å²) in [5.74, 6) is -0.226. The number of nitrogens with two attached hydrogens (primary N) is 1. The molecule has 0 saturated carbocycles. The van der Waals surface area contributed by atoms with Crippen molar-refractivity contribution >= 4 is 5.91 Å². The van der Waals surface area contributed by atoms with Crippen molar-refractivity contribution < 1.29 is 4.79 Å². The molecule has 6 nitrogen and oxygen atoms in total. The van der Waals surface area contributed by atoms with Crippen molar-refractivity contribution in [2.75, 3.05) is 6.54 Å².